The third-order valence-corrected chi connectivity index (χ3v) is 1.96. The smallest absolute Gasteiger partial charge is 0.358 e. The topological polar surface area (TPSA) is 43.4 Å². The van der Waals surface area contributed by atoms with E-state index in [-0.39, 0.29) is 5.75 Å². The molecule has 0 saturated heterocycles. The van der Waals surface area contributed by atoms with E-state index in [1.807, 2.05) is 0 Å². The van der Waals surface area contributed by atoms with Crippen LogP contribution in [0, 0.1) is 13.8 Å². The number of para-hydroxylation sites is 1. The average molecular weight is 204 g/mol. The Labute approximate surface area is 76.6 Å². The van der Waals surface area contributed by atoms with Crippen LogP contribution in [0.2, 0.25) is 0 Å². The number of benzene rings is 1. The van der Waals surface area contributed by atoms with Crippen LogP contribution in [0.3, 0.4) is 0 Å². The van der Waals surface area contributed by atoms with Crippen molar-refractivity contribution in [2.24, 2.45) is 0 Å². The van der Waals surface area contributed by atoms with Gasteiger partial charge in [0.25, 0.3) is 0 Å². The fraction of sp³-hybridized carbons (Fsp3) is 0.250. The molecule has 0 saturated carbocycles. The van der Waals surface area contributed by atoms with Crippen molar-refractivity contribution >= 4 is 10.5 Å². The lowest BCUT2D eigenvalue weighted by Gasteiger charge is -2.06. The molecular formula is C8H9FO3S. The van der Waals surface area contributed by atoms with Gasteiger partial charge in [0, 0.05) is 0 Å². The van der Waals surface area contributed by atoms with Crippen LogP contribution in [0.25, 0.3) is 0 Å². The van der Waals surface area contributed by atoms with Crippen LogP contribution >= 0.6 is 0 Å². The van der Waals surface area contributed by atoms with E-state index in [1.54, 1.807) is 32.0 Å². The van der Waals surface area contributed by atoms with E-state index in [0.717, 1.165) is 0 Å². The summed E-state index contributed by atoms with van der Waals surface area (Å²) >= 11 is 0. The van der Waals surface area contributed by atoms with Crippen molar-refractivity contribution in [2.75, 3.05) is 0 Å². The first-order valence-electron chi connectivity index (χ1n) is 3.60. The molecular weight excluding hydrogens is 195 g/mol. The lowest BCUT2D eigenvalue weighted by atomic mass is 10.1. The molecule has 0 aromatic heterocycles. The van der Waals surface area contributed by atoms with Gasteiger partial charge in [0.1, 0.15) is 0 Å². The van der Waals surface area contributed by atoms with Gasteiger partial charge in [0.15, 0.2) is 5.75 Å². The maximum atomic E-state index is 12.2. The van der Waals surface area contributed by atoms with E-state index in [4.69, 9.17) is 0 Å². The van der Waals surface area contributed by atoms with Crippen LogP contribution < -0.4 is 4.18 Å². The number of rotatable bonds is 2. The van der Waals surface area contributed by atoms with E-state index in [1.165, 1.54) is 0 Å². The van der Waals surface area contributed by atoms with E-state index >= 15 is 0 Å². The van der Waals surface area contributed by atoms with Crippen molar-refractivity contribution in [3.8, 4) is 5.75 Å². The molecule has 1 rings (SSSR count). The molecule has 3 nitrogen and oxygen atoms in total. The summed E-state index contributed by atoms with van der Waals surface area (Å²) in [6.45, 7) is 3.29. The average Bonchev–Trinajstić information content (AvgIpc) is 1.95. The second-order valence-electron chi connectivity index (χ2n) is 2.70. The van der Waals surface area contributed by atoms with Gasteiger partial charge in [-0.3, -0.25) is 0 Å². The Bertz CT molecular complexity index is 391. The molecule has 1 aromatic carbocycles. The third kappa shape index (κ3) is 2.69. The highest BCUT2D eigenvalue weighted by Gasteiger charge is 2.13. The number of hydrogen-bond acceptors (Lipinski definition) is 3. The minimum absolute atomic E-state index is 0.0602. The third-order valence-electron chi connectivity index (χ3n) is 1.59. The summed E-state index contributed by atoms with van der Waals surface area (Å²) in [7, 11) is -4.92. The SMILES string of the molecule is Cc1cccc(C)c1OS(=O)(=O)F. The van der Waals surface area contributed by atoms with Crippen LogP contribution in [-0.2, 0) is 10.5 Å². The van der Waals surface area contributed by atoms with E-state index in [9.17, 15) is 12.3 Å². The Kier molecular flexibility index (Phi) is 2.56. The maximum absolute atomic E-state index is 12.2. The fourth-order valence-corrected chi connectivity index (χ4v) is 1.49. The number of hydrogen-bond donors (Lipinski definition) is 0. The Balaban J connectivity index is 3.15. The molecule has 0 radical (unpaired) electrons. The number of halogens is 1. The van der Waals surface area contributed by atoms with E-state index in [0.29, 0.717) is 11.1 Å². The van der Waals surface area contributed by atoms with Crippen LogP contribution in [0.5, 0.6) is 5.75 Å². The van der Waals surface area contributed by atoms with Gasteiger partial charge in [-0.05, 0) is 25.0 Å². The first kappa shape index (κ1) is 9.98. The minimum atomic E-state index is -4.92. The fourth-order valence-electron chi connectivity index (χ4n) is 1.03. The van der Waals surface area contributed by atoms with Gasteiger partial charge in [0.2, 0.25) is 0 Å². The lowest BCUT2D eigenvalue weighted by Crippen LogP contribution is -2.03. The molecule has 13 heavy (non-hydrogen) atoms. The van der Waals surface area contributed by atoms with Gasteiger partial charge < -0.3 is 4.18 Å². The first-order valence-corrected chi connectivity index (χ1v) is 4.91. The van der Waals surface area contributed by atoms with E-state index < -0.39 is 10.5 Å². The largest absolute Gasteiger partial charge is 0.488 e. The summed E-state index contributed by atoms with van der Waals surface area (Å²) < 4.78 is 36.8. The predicted octanol–water partition coefficient (Wildman–Crippen LogP) is 1.90. The molecule has 0 aliphatic carbocycles. The van der Waals surface area contributed by atoms with Gasteiger partial charge in [-0.15, -0.1) is 0 Å². The van der Waals surface area contributed by atoms with Gasteiger partial charge in [-0.1, -0.05) is 22.1 Å². The van der Waals surface area contributed by atoms with Crippen molar-refractivity contribution in [1.29, 1.82) is 0 Å². The molecule has 0 unspecified atom stereocenters. The molecule has 1 aromatic rings. The molecule has 5 heteroatoms. The quantitative estimate of drug-likeness (QED) is 0.691. The molecule has 0 fully saturated rings. The molecule has 0 aliphatic rings. The first-order chi connectivity index (χ1) is 5.90. The normalized spacial score (nSPS) is 11.3. The Morgan fingerprint density at radius 1 is 1.23 bits per heavy atom. The Hall–Kier alpha value is -1.10. The minimum Gasteiger partial charge on any atom is -0.358 e. The number of aryl methyl sites for hydroxylation is 2. The van der Waals surface area contributed by atoms with Gasteiger partial charge in [-0.2, -0.15) is 8.42 Å². The summed E-state index contributed by atoms with van der Waals surface area (Å²) in [5, 5.41) is 0. The molecule has 72 valence electrons. The summed E-state index contributed by atoms with van der Waals surface area (Å²) in [6.07, 6.45) is 0. The zero-order valence-electron chi connectivity index (χ0n) is 7.24. The van der Waals surface area contributed by atoms with Crippen molar-refractivity contribution < 1.29 is 16.5 Å². The monoisotopic (exact) mass is 204 g/mol. The zero-order valence-corrected chi connectivity index (χ0v) is 8.06. The maximum Gasteiger partial charge on any atom is 0.488 e. The van der Waals surface area contributed by atoms with Crippen molar-refractivity contribution in [3.05, 3.63) is 29.3 Å². The molecule has 0 bridgehead atoms. The molecule has 0 spiro atoms. The summed E-state index contributed by atoms with van der Waals surface area (Å²) in [4.78, 5) is 0. The predicted molar refractivity (Wildman–Crippen MR) is 46.6 cm³/mol. The van der Waals surface area contributed by atoms with Crippen LogP contribution in [0.15, 0.2) is 18.2 Å². The second-order valence-corrected chi connectivity index (χ2v) is 3.65. The van der Waals surface area contributed by atoms with Gasteiger partial charge in [0.05, 0.1) is 0 Å². The standard InChI is InChI=1S/C8H9FO3S/c1-6-4-3-5-7(2)8(6)12-13(9,10)11/h3-5H,1-2H3. The van der Waals surface area contributed by atoms with Crippen molar-refractivity contribution in [2.45, 2.75) is 13.8 Å². The van der Waals surface area contributed by atoms with Gasteiger partial charge in [-0.25, -0.2) is 0 Å². The van der Waals surface area contributed by atoms with E-state index in [2.05, 4.69) is 4.18 Å². The second kappa shape index (κ2) is 3.33. The van der Waals surface area contributed by atoms with Gasteiger partial charge >= 0.3 is 10.5 Å². The van der Waals surface area contributed by atoms with Crippen LogP contribution in [-0.4, -0.2) is 8.42 Å². The summed E-state index contributed by atoms with van der Waals surface area (Å²) in [5.41, 5.74) is 1.17. The molecule has 0 aliphatic heterocycles. The molecule has 0 amide bonds. The highest BCUT2D eigenvalue weighted by atomic mass is 32.3. The Morgan fingerprint density at radius 2 is 1.69 bits per heavy atom. The molecule has 0 heterocycles. The molecule has 0 N–H and O–H groups in total. The van der Waals surface area contributed by atoms with Crippen LogP contribution in [0.1, 0.15) is 11.1 Å². The molecule has 0 atom stereocenters. The van der Waals surface area contributed by atoms with Crippen molar-refractivity contribution in [1.82, 2.24) is 0 Å². The lowest BCUT2D eigenvalue weighted by molar-refractivity contribution is 0.437. The highest BCUT2D eigenvalue weighted by Crippen LogP contribution is 2.24. The summed E-state index contributed by atoms with van der Waals surface area (Å²) in [5.74, 6) is 0.0602. The summed E-state index contributed by atoms with van der Waals surface area (Å²) in [6, 6.07) is 5.03. The van der Waals surface area contributed by atoms with Crippen LogP contribution in [0.4, 0.5) is 3.89 Å². The Morgan fingerprint density at radius 3 is 2.08 bits per heavy atom. The zero-order chi connectivity index (χ0) is 10.1. The highest BCUT2D eigenvalue weighted by molar-refractivity contribution is 7.81. The van der Waals surface area contributed by atoms with Crippen molar-refractivity contribution in [3.63, 3.8) is 0 Å².